The van der Waals surface area contributed by atoms with Crippen LogP contribution in [0.2, 0.25) is 0 Å². The standard InChI is InChI=1S/C38H48N4O5/c1-25(2)40-35(44)46-31-18-12-26(13-19-31)22-33(43)41-30-23-32(27-10-7-6-8-11-27)34(39-24-30)28-14-16-29(17-15-28)38(20-9-21-38)42-36(45)47-37(3,4)5/h6-8,10-11,14-17,23-26,31H,9,12-13,18-22H2,1-5H3,(H,40,44)(H,41,43)(H,42,45). The summed E-state index contributed by atoms with van der Waals surface area (Å²) in [5.74, 6) is 0.194. The molecule has 3 N–H and O–H groups in total. The van der Waals surface area contributed by atoms with Crippen molar-refractivity contribution < 1.29 is 23.9 Å². The summed E-state index contributed by atoms with van der Waals surface area (Å²) in [5, 5.41) is 8.97. The monoisotopic (exact) mass is 640 g/mol. The average Bonchev–Trinajstić information content (AvgIpc) is 2.99. The van der Waals surface area contributed by atoms with E-state index in [-0.39, 0.29) is 30.1 Å². The molecule has 9 nitrogen and oxygen atoms in total. The van der Waals surface area contributed by atoms with Crippen LogP contribution >= 0.6 is 0 Å². The molecule has 0 aliphatic heterocycles. The van der Waals surface area contributed by atoms with Gasteiger partial charge in [0.1, 0.15) is 11.7 Å². The first-order chi connectivity index (χ1) is 22.4. The third-order valence-electron chi connectivity index (χ3n) is 8.86. The highest BCUT2D eigenvalue weighted by molar-refractivity contribution is 5.93. The molecule has 0 radical (unpaired) electrons. The highest BCUT2D eigenvalue weighted by Crippen LogP contribution is 2.42. The Hall–Kier alpha value is -4.40. The molecule has 0 bridgehead atoms. The Balaban J connectivity index is 1.26. The number of amides is 3. The van der Waals surface area contributed by atoms with E-state index >= 15 is 0 Å². The third kappa shape index (κ3) is 9.11. The second-order valence-corrected chi connectivity index (χ2v) is 14.2. The van der Waals surface area contributed by atoms with E-state index in [0.717, 1.165) is 72.9 Å². The lowest BCUT2D eigenvalue weighted by atomic mass is 9.71. The number of hydrogen-bond acceptors (Lipinski definition) is 6. The van der Waals surface area contributed by atoms with Crippen molar-refractivity contribution in [3.63, 3.8) is 0 Å². The first kappa shape index (κ1) is 33.9. The van der Waals surface area contributed by atoms with Gasteiger partial charge in [-0.25, -0.2) is 9.59 Å². The normalized spacial score (nSPS) is 18.9. The van der Waals surface area contributed by atoms with Crippen molar-refractivity contribution in [2.45, 2.75) is 109 Å². The number of nitrogens with one attached hydrogen (secondary N) is 3. The fourth-order valence-electron chi connectivity index (χ4n) is 6.41. The van der Waals surface area contributed by atoms with Gasteiger partial charge in [-0.15, -0.1) is 0 Å². The Kier molecular flexibility index (Phi) is 10.5. The SMILES string of the molecule is CC(C)NC(=O)OC1CCC(CC(=O)Nc2cnc(-c3ccc(C4(NC(=O)OC(C)(C)C)CCC4)cc3)c(-c3ccccc3)c2)CC1. The zero-order valence-corrected chi connectivity index (χ0v) is 28.2. The van der Waals surface area contributed by atoms with Gasteiger partial charge in [-0.3, -0.25) is 9.78 Å². The number of nitrogens with zero attached hydrogens (tertiary/aromatic N) is 1. The van der Waals surface area contributed by atoms with Crippen molar-refractivity contribution >= 4 is 23.8 Å². The van der Waals surface area contributed by atoms with Gasteiger partial charge in [-0.2, -0.15) is 0 Å². The van der Waals surface area contributed by atoms with Crippen LogP contribution in [0, 0.1) is 5.92 Å². The molecule has 2 aliphatic carbocycles. The molecule has 2 saturated carbocycles. The molecule has 3 aromatic rings. The van der Waals surface area contributed by atoms with E-state index in [1.165, 1.54) is 0 Å². The van der Waals surface area contributed by atoms with Gasteiger partial charge >= 0.3 is 12.2 Å². The maximum absolute atomic E-state index is 13.1. The molecular formula is C38H48N4O5. The van der Waals surface area contributed by atoms with Crippen molar-refractivity contribution in [1.29, 1.82) is 0 Å². The number of carbonyl (C=O) groups is 3. The Bertz CT molecular complexity index is 1540. The Morgan fingerprint density at radius 2 is 1.60 bits per heavy atom. The van der Waals surface area contributed by atoms with Gasteiger partial charge in [-0.05, 0) is 103 Å². The molecule has 2 aromatic carbocycles. The summed E-state index contributed by atoms with van der Waals surface area (Å²) in [7, 11) is 0. The molecule has 0 atom stereocenters. The minimum atomic E-state index is -0.563. The lowest BCUT2D eigenvalue weighted by Gasteiger charge is -2.43. The van der Waals surface area contributed by atoms with E-state index in [1.54, 1.807) is 6.20 Å². The molecule has 1 aromatic heterocycles. The van der Waals surface area contributed by atoms with E-state index in [1.807, 2.05) is 83.1 Å². The van der Waals surface area contributed by atoms with E-state index in [9.17, 15) is 14.4 Å². The lowest BCUT2D eigenvalue weighted by Crippen LogP contribution is -2.52. The summed E-state index contributed by atoms with van der Waals surface area (Å²) in [6, 6.07) is 20.3. The minimum Gasteiger partial charge on any atom is -0.446 e. The van der Waals surface area contributed by atoms with Crippen LogP contribution in [-0.2, 0) is 19.8 Å². The minimum absolute atomic E-state index is 0.0355. The smallest absolute Gasteiger partial charge is 0.408 e. The number of ether oxygens (including phenoxy) is 2. The van der Waals surface area contributed by atoms with Gasteiger partial charge in [0.2, 0.25) is 5.91 Å². The summed E-state index contributed by atoms with van der Waals surface area (Å²) < 4.78 is 11.1. The zero-order valence-electron chi connectivity index (χ0n) is 28.2. The molecular weight excluding hydrogens is 592 g/mol. The van der Waals surface area contributed by atoms with Crippen molar-refractivity contribution in [3.8, 4) is 22.4 Å². The maximum Gasteiger partial charge on any atom is 0.408 e. The van der Waals surface area contributed by atoms with Gasteiger partial charge in [-0.1, -0.05) is 54.6 Å². The number of anilines is 1. The Morgan fingerprint density at radius 3 is 2.19 bits per heavy atom. The van der Waals surface area contributed by atoms with E-state index in [0.29, 0.717) is 12.1 Å². The molecule has 3 amide bonds. The van der Waals surface area contributed by atoms with E-state index in [2.05, 4.69) is 28.1 Å². The lowest BCUT2D eigenvalue weighted by molar-refractivity contribution is -0.117. The van der Waals surface area contributed by atoms with Crippen LogP contribution in [0.15, 0.2) is 66.9 Å². The quantitative estimate of drug-likeness (QED) is 0.216. The molecule has 47 heavy (non-hydrogen) atoms. The number of benzene rings is 2. The second kappa shape index (κ2) is 14.6. The molecule has 0 saturated heterocycles. The van der Waals surface area contributed by atoms with E-state index < -0.39 is 17.2 Å². The Morgan fingerprint density at radius 1 is 0.915 bits per heavy atom. The fraction of sp³-hybridized carbons (Fsp3) is 0.474. The second-order valence-electron chi connectivity index (χ2n) is 14.2. The first-order valence-electron chi connectivity index (χ1n) is 16.8. The third-order valence-corrected chi connectivity index (χ3v) is 8.86. The molecule has 2 aliphatic rings. The summed E-state index contributed by atoms with van der Waals surface area (Å²) in [5.41, 5.74) is 4.36. The Labute approximate surface area is 278 Å². The van der Waals surface area contributed by atoms with Crippen LogP contribution in [-0.4, -0.2) is 40.8 Å². The van der Waals surface area contributed by atoms with Gasteiger partial charge in [0.05, 0.1) is 23.1 Å². The summed E-state index contributed by atoms with van der Waals surface area (Å²) in [6.07, 6.45) is 7.19. The van der Waals surface area contributed by atoms with Crippen LogP contribution in [0.25, 0.3) is 22.4 Å². The summed E-state index contributed by atoms with van der Waals surface area (Å²) >= 11 is 0. The van der Waals surface area contributed by atoms with Gasteiger partial charge in [0, 0.05) is 23.6 Å². The van der Waals surface area contributed by atoms with Crippen molar-refractivity contribution in [1.82, 2.24) is 15.6 Å². The summed E-state index contributed by atoms with van der Waals surface area (Å²) in [6.45, 7) is 9.40. The molecule has 1 heterocycles. The first-order valence-corrected chi connectivity index (χ1v) is 16.8. The number of hydrogen-bond donors (Lipinski definition) is 3. The number of pyridine rings is 1. The highest BCUT2D eigenvalue weighted by atomic mass is 16.6. The van der Waals surface area contributed by atoms with Gasteiger partial charge < -0.3 is 25.4 Å². The predicted molar refractivity (Wildman–Crippen MR) is 184 cm³/mol. The van der Waals surface area contributed by atoms with Crippen molar-refractivity contribution in [2.75, 3.05) is 5.32 Å². The van der Waals surface area contributed by atoms with Crippen LogP contribution < -0.4 is 16.0 Å². The molecule has 5 rings (SSSR count). The molecule has 9 heteroatoms. The number of aromatic nitrogens is 1. The maximum atomic E-state index is 13.1. The number of alkyl carbamates (subject to hydrolysis) is 2. The topological polar surface area (TPSA) is 119 Å². The number of carbonyl (C=O) groups excluding carboxylic acids is 3. The van der Waals surface area contributed by atoms with Gasteiger partial charge in [0.15, 0.2) is 0 Å². The molecule has 0 spiro atoms. The summed E-state index contributed by atoms with van der Waals surface area (Å²) in [4.78, 5) is 42.5. The predicted octanol–water partition coefficient (Wildman–Crippen LogP) is 8.34. The molecule has 250 valence electrons. The molecule has 2 fully saturated rings. The van der Waals surface area contributed by atoms with E-state index in [4.69, 9.17) is 14.5 Å². The van der Waals surface area contributed by atoms with Crippen LogP contribution in [0.5, 0.6) is 0 Å². The van der Waals surface area contributed by atoms with Crippen molar-refractivity contribution in [2.24, 2.45) is 5.92 Å². The molecule has 0 unspecified atom stereocenters. The van der Waals surface area contributed by atoms with Crippen LogP contribution in [0.3, 0.4) is 0 Å². The van der Waals surface area contributed by atoms with Crippen molar-refractivity contribution in [3.05, 3.63) is 72.4 Å². The van der Waals surface area contributed by atoms with Crippen LogP contribution in [0.1, 0.15) is 91.5 Å². The van der Waals surface area contributed by atoms with Gasteiger partial charge in [0.25, 0.3) is 0 Å². The largest absolute Gasteiger partial charge is 0.446 e. The zero-order chi connectivity index (χ0) is 33.6. The van der Waals surface area contributed by atoms with Crippen LogP contribution in [0.4, 0.5) is 15.3 Å². The number of rotatable bonds is 9. The average molecular weight is 641 g/mol. The fourth-order valence-corrected chi connectivity index (χ4v) is 6.41. The highest BCUT2D eigenvalue weighted by Gasteiger charge is 2.41.